The van der Waals surface area contributed by atoms with E-state index in [1.54, 1.807) is 0 Å². The molecule has 0 aliphatic carbocycles. The summed E-state index contributed by atoms with van der Waals surface area (Å²) in [6.45, 7) is 4.52. The van der Waals surface area contributed by atoms with E-state index in [-0.39, 0.29) is 16.3 Å². The normalized spacial score (nSPS) is 11.6. The van der Waals surface area contributed by atoms with E-state index < -0.39 is 15.8 Å². The molecule has 8 heteroatoms. The first-order valence-electron chi connectivity index (χ1n) is 6.46. The second kappa shape index (κ2) is 6.23. The van der Waals surface area contributed by atoms with E-state index in [1.807, 2.05) is 6.92 Å². The van der Waals surface area contributed by atoms with Crippen molar-refractivity contribution in [2.45, 2.75) is 25.4 Å². The van der Waals surface area contributed by atoms with E-state index in [9.17, 15) is 12.8 Å². The number of nitrogens with zero attached hydrogens (tertiary/aromatic N) is 1. The van der Waals surface area contributed by atoms with Crippen molar-refractivity contribution in [3.63, 3.8) is 0 Å². The van der Waals surface area contributed by atoms with Gasteiger partial charge in [0.1, 0.15) is 5.82 Å². The molecule has 0 fully saturated rings. The molecular weight excluding hydrogens is 295 g/mol. The van der Waals surface area contributed by atoms with Gasteiger partial charge in [-0.3, -0.25) is 9.82 Å². The fourth-order valence-corrected chi connectivity index (χ4v) is 3.09. The zero-order valence-corrected chi connectivity index (χ0v) is 12.6. The molecule has 1 heterocycles. The zero-order chi connectivity index (χ0) is 15.5. The Morgan fingerprint density at radius 2 is 2.14 bits per heavy atom. The maximum atomic E-state index is 13.5. The molecule has 114 valence electrons. The van der Waals surface area contributed by atoms with Crippen molar-refractivity contribution < 1.29 is 12.8 Å². The van der Waals surface area contributed by atoms with E-state index in [1.165, 1.54) is 31.3 Å². The van der Waals surface area contributed by atoms with Crippen LogP contribution in [0, 0.1) is 12.7 Å². The Labute approximate surface area is 122 Å². The molecular formula is C13H17FN4O2S. The molecule has 1 aromatic heterocycles. The third-order valence-electron chi connectivity index (χ3n) is 3.02. The molecule has 2 aromatic rings. The number of anilines is 1. The van der Waals surface area contributed by atoms with E-state index in [4.69, 9.17) is 0 Å². The van der Waals surface area contributed by atoms with Crippen LogP contribution in [0.5, 0.6) is 0 Å². The molecule has 0 saturated heterocycles. The summed E-state index contributed by atoms with van der Waals surface area (Å²) in [5.74, 6) is -0.465. The van der Waals surface area contributed by atoms with Gasteiger partial charge in [0.05, 0.1) is 11.9 Å². The number of sulfonamides is 1. The monoisotopic (exact) mass is 312 g/mol. The van der Waals surface area contributed by atoms with Gasteiger partial charge in [0.15, 0.2) is 5.03 Å². The molecule has 0 radical (unpaired) electrons. The SMILES string of the molecule is CCNCc1cn[nH]c1S(=O)(=O)Nc1cccc(F)c1C. The van der Waals surface area contributed by atoms with E-state index in [0.29, 0.717) is 18.7 Å². The van der Waals surface area contributed by atoms with Crippen LogP contribution in [0.3, 0.4) is 0 Å². The zero-order valence-electron chi connectivity index (χ0n) is 11.8. The number of hydrogen-bond acceptors (Lipinski definition) is 4. The van der Waals surface area contributed by atoms with Crippen molar-refractivity contribution in [2.75, 3.05) is 11.3 Å². The first kappa shape index (κ1) is 15.5. The van der Waals surface area contributed by atoms with Gasteiger partial charge in [-0.2, -0.15) is 13.5 Å². The van der Waals surface area contributed by atoms with Gasteiger partial charge in [0.25, 0.3) is 10.0 Å². The van der Waals surface area contributed by atoms with Crippen molar-refractivity contribution in [1.29, 1.82) is 0 Å². The van der Waals surface area contributed by atoms with Gasteiger partial charge in [-0.15, -0.1) is 0 Å². The number of nitrogens with one attached hydrogen (secondary N) is 3. The van der Waals surface area contributed by atoms with E-state index in [0.717, 1.165) is 0 Å². The fourth-order valence-electron chi connectivity index (χ4n) is 1.83. The van der Waals surface area contributed by atoms with Gasteiger partial charge in [-0.1, -0.05) is 13.0 Å². The predicted octanol–water partition coefficient (Wildman–Crippen LogP) is 1.77. The predicted molar refractivity (Wildman–Crippen MR) is 77.9 cm³/mol. The number of H-pyrrole nitrogens is 1. The molecule has 21 heavy (non-hydrogen) atoms. The van der Waals surface area contributed by atoms with Crippen LogP contribution in [0.4, 0.5) is 10.1 Å². The average Bonchev–Trinajstić information content (AvgIpc) is 2.91. The maximum absolute atomic E-state index is 13.5. The summed E-state index contributed by atoms with van der Waals surface area (Å²) in [7, 11) is -3.85. The topological polar surface area (TPSA) is 86.9 Å². The van der Waals surface area contributed by atoms with Gasteiger partial charge in [0.2, 0.25) is 0 Å². The number of aromatic amines is 1. The van der Waals surface area contributed by atoms with Crippen LogP contribution < -0.4 is 10.0 Å². The summed E-state index contributed by atoms with van der Waals surface area (Å²) in [4.78, 5) is 0. The summed E-state index contributed by atoms with van der Waals surface area (Å²) in [5, 5.41) is 9.25. The molecule has 0 aliphatic rings. The van der Waals surface area contributed by atoms with Gasteiger partial charge >= 0.3 is 0 Å². The Balaban J connectivity index is 2.30. The van der Waals surface area contributed by atoms with Gasteiger partial charge in [-0.25, -0.2) is 4.39 Å². The molecule has 1 aromatic carbocycles. The van der Waals surface area contributed by atoms with Crippen LogP contribution in [-0.2, 0) is 16.6 Å². The van der Waals surface area contributed by atoms with E-state index in [2.05, 4.69) is 20.2 Å². The van der Waals surface area contributed by atoms with Crippen LogP contribution in [-0.4, -0.2) is 25.2 Å². The molecule has 0 amide bonds. The highest BCUT2D eigenvalue weighted by Gasteiger charge is 2.21. The van der Waals surface area contributed by atoms with E-state index >= 15 is 0 Å². The van der Waals surface area contributed by atoms with Crippen molar-refractivity contribution in [2.24, 2.45) is 0 Å². The molecule has 0 bridgehead atoms. The molecule has 0 aliphatic heterocycles. The second-order valence-corrected chi connectivity index (χ2v) is 6.14. The van der Waals surface area contributed by atoms with Crippen LogP contribution in [0.1, 0.15) is 18.1 Å². The average molecular weight is 312 g/mol. The Hall–Kier alpha value is -1.93. The number of hydrogen-bond donors (Lipinski definition) is 3. The molecule has 0 unspecified atom stereocenters. The Morgan fingerprint density at radius 3 is 2.86 bits per heavy atom. The minimum absolute atomic E-state index is 0.0212. The minimum atomic E-state index is -3.85. The highest BCUT2D eigenvalue weighted by atomic mass is 32.2. The summed E-state index contributed by atoms with van der Waals surface area (Å²) in [6.07, 6.45) is 1.45. The Bertz CT molecular complexity index is 728. The Kier molecular flexibility index (Phi) is 4.59. The second-order valence-electron chi connectivity index (χ2n) is 4.52. The third-order valence-corrected chi connectivity index (χ3v) is 4.40. The first-order valence-corrected chi connectivity index (χ1v) is 7.95. The van der Waals surface area contributed by atoms with Crippen molar-refractivity contribution in [3.8, 4) is 0 Å². The summed E-state index contributed by atoms with van der Waals surface area (Å²) >= 11 is 0. The van der Waals surface area contributed by atoms with Crippen molar-refractivity contribution in [1.82, 2.24) is 15.5 Å². The van der Waals surface area contributed by atoms with Gasteiger partial charge in [0, 0.05) is 17.7 Å². The van der Waals surface area contributed by atoms with Crippen LogP contribution >= 0.6 is 0 Å². The highest BCUT2D eigenvalue weighted by molar-refractivity contribution is 7.92. The largest absolute Gasteiger partial charge is 0.313 e. The first-order chi connectivity index (χ1) is 9.95. The lowest BCUT2D eigenvalue weighted by molar-refractivity contribution is 0.594. The minimum Gasteiger partial charge on any atom is -0.313 e. The number of halogens is 1. The number of benzene rings is 1. The van der Waals surface area contributed by atoms with Crippen LogP contribution in [0.2, 0.25) is 0 Å². The fraction of sp³-hybridized carbons (Fsp3) is 0.308. The summed E-state index contributed by atoms with van der Waals surface area (Å²) < 4.78 is 40.6. The third kappa shape index (κ3) is 3.40. The summed E-state index contributed by atoms with van der Waals surface area (Å²) in [5.41, 5.74) is 0.978. The number of rotatable bonds is 6. The molecule has 3 N–H and O–H groups in total. The lowest BCUT2D eigenvalue weighted by Crippen LogP contribution is -2.19. The molecule has 0 atom stereocenters. The van der Waals surface area contributed by atoms with Crippen LogP contribution in [0.15, 0.2) is 29.4 Å². The maximum Gasteiger partial charge on any atom is 0.279 e. The number of aromatic nitrogens is 2. The lowest BCUT2D eigenvalue weighted by atomic mass is 10.2. The van der Waals surface area contributed by atoms with Gasteiger partial charge < -0.3 is 5.32 Å². The highest BCUT2D eigenvalue weighted by Crippen LogP contribution is 2.22. The molecule has 0 saturated carbocycles. The Morgan fingerprint density at radius 1 is 1.38 bits per heavy atom. The molecule has 2 rings (SSSR count). The lowest BCUT2D eigenvalue weighted by Gasteiger charge is -2.11. The van der Waals surface area contributed by atoms with Crippen molar-refractivity contribution in [3.05, 3.63) is 41.3 Å². The summed E-state index contributed by atoms with van der Waals surface area (Å²) in [6, 6.07) is 4.24. The van der Waals surface area contributed by atoms with Crippen LogP contribution in [0.25, 0.3) is 0 Å². The van der Waals surface area contributed by atoms with Gasteiger partial charge in [-0.05, 0) is 25.6 Å². The smallest absolute Gasteiger partial charge is 0.279 e. The molecule has 6 nitrogen and oxygen atoms in total. The standard InChI is InChI=1S/C13H17FN4O2S/c1-3-15-7-10-8-16-17-13(10)21(19,20)18-12-6-4-5-11(14)9(12)2/h4-6,8,15,18H,3,7H2,1-2H3,(H,16,17). The van der Waals surface area contributed by atoms with Crippen molar-refractivity contribution >= 4 is 15.7 Å². The molecule has 0 spiro atoms. The quantitative estimate of drug-likeness (QED) is 0.758.